The van der Waals surface area contributed by atoms with Crippen molar-refractivity contribution in [3.05, 3.63) is 54.1 Å². The van der Waals surface area contributed by atoms with E-state index in [1.54, 1.807) is 0 Å². The first-order valence-corrected chi connectivity index (χ1v) is 8.14. The van der Waals surface area contributed by atoms with Gasteiger partial charge in [-0.2, -0.15) is 0 Å². The summed E-state index contributed by atoms with van der Waals surface area (Å²) in [6.07, 6.45) is 1.08. The fourth-order valence-corrected chi connectivity index (χ4v) is 2.64. The van der Waals surface area contributed by atoms with Crippen molar-refractivity contribution < 1.29 is 23.2 Å². The normalized spacial score (nSPS) is 11.2. The van der Waals surface area contributed by atoms with Gasteiger partial charge in [0.15, 0.2) is 9.84 Å². The summed E-state index contributed by atoms with van der Waals surface area (Å²) in [5.74, 6) is 0.104. The molecule has 0 aliphatic rings. The van der Waals surface area contributed by atoms with Gasteiger partial charge in [0.05, 0.1) is 0 Å². The third kappa shape index (κ3) is 4.07. The van der Waals surface area contributed by atoms with E-state index in [4.69, 9.17) is 4.74 Å². The second-order valence-corrected chi connectivity index (χ2v) is 6.61. The van der Waals surface area contributed by atoms with E-state index in [0.29, 0.717) is 0 Å². The van der Waals surface area contributed by atoms with Crippen LogP contribution in [0.5, 0.6) is 5.75 Å². The van der Waals surface area contributed by atoms with Crippen LogP contribution in [-0.2, 0) is 16.4 Å². The van der Waals surface area contributed by atoms with E-state index in [2.05, 4.69) is 0 Å². The van der Waals surface area contributed by atoms with Crippen molar-refractivity contribution in [3.8, 4) is 5.75 Å². The summed E-state index contributed by atoms with van der Waals surface area (Å²) in [5, 5.41) is 18.4. The highest BCUT2D eigenvalue weighted by atomic mass is 32.2. The third-order valence-corrected chi connectivity index (χ3v) is 4.04. The topological polar surface area (TPSA) is 83.8 Å². The summed E-state index contributed by atoms with van der Waals surface area (Å²) in [4.78, 5) is 0.0165. The lowest BCUT2D eigenvalue weighted by molar-refractivity contribution is 0.298. The number of ether oxygens (including phenoxy) is 1. The van der Waals surface area contributed by atoms with Crippen molar-refractivity contribution in [2.75, 3.05) is 6.26 Å². The van der Waals surface area contributed by atoms with Crippen molar-refractivity contribution in [2.24, 2.45) is 0 Å². The lowest BCUT2D eigenvalue weighted by Crippen LogP contribution is -2.30. The molecule has 2 aromatic carbocycles. The molecule has 0 saturated heterocycles. The van der Waals surface area contributed by atoms with Gasteiger partial charge in [0.1, 0.15) is 17.3 Å². The molecule has 7 heteroatoms. The average molecular weight is 306 g/mol. The molecule has 0 amide bonds. The number of sulfone groups is 1. The Bertz CT molecular complexity index is 713. The lowest BCUT2D eigenvalue weighted by atomic mass is 9.80. The summed E-state index contributed by atoms with van der Waals surface area (Å²) in [7, 11) is -5.15. The summed E-state index contributed by atoms with van der Waals surface area (Å²) < 4.78 is 29.0. The highest BCUT2D eigenvalue weighted by Gasteiger charge is 2.19. The molecule has 0 saturated carbocycles. The van der Waals surface area contributed by atoms with Crippen LogP contribution in [0.25, 0.3) is 0 Å². The molecule has 0 bridgehead atoms. The highest BCUT2D eigenvalue weighted by Crippen LogP contribution is 2.23. The van der Waals surface area contributed by atoms with Gasteiger partial charge < -0.3 is 14.8 Å². The second kappa shape index (κ2) is 6.30. The van der Waals surface area contributed by atoms with Gasteiger partial charge in [0, 0.05) is 6.26 Å². The van der Waals surface area contributed by atoms with Crippen LogP contribution in [0.4, 0.5) is 0 Å². The van der Waals surface area contributed by atoms with Gasteiger partial charge in [0.25, 0.3) is 0 Å². The van der Waals surface area contributed by atoms with Crippen LogP contribution in [-0.4, -0.2) is 31.8 Å². The summed E-state index contributed by atoms with van der Waals surface area (Å²) >= 11 is 0. The minimum atomic E-state index is -3.47. The molecule has 0 radical (unpaired) electrons. The first-order valence-electron chi connectivity index (χ1n) is 6.25. The van der Waals surface area contributed by atoms with Crippen molar-refractivity contribution in [2.45, 2.75) is 11.5 Å². The van der Waals surface area contributed by atoms with Crippen LogP contribution in [0.1, 0.15) is 5.56 Å². The first kappa shape index (κ1) is 15.6. The number of rotatable bonds is 5. The van der Waals surface area contributed by atoms with E-state index in [9.17, 15) is 18.5 Å². The maximum atomic E-state index is 11.7. The molecule has 5 nitrogen and oxygen atoms in total. The SMILES string of the molecule is CS(=O)(=O)c1ccc(B(O)O)cc1OCc1ccccc1. The first-order chi connectivity index (χ1) is 9.88. The monoisotopic (exact) mass is 306 g/mol. The summed E-state index contributed by atoms with van der Waals surface area (Å²) in [6.45, 7) is 0.189. The van der Waals surface area contributed by atoms with Crippen LogP contribution in [0.15, 0.2) is 53.4 Å². The molecule has 21 heavy (non-hydrogen) atoms. The average Bonchev–Trinajstić information content (AvgIpc) is 2.45. The smallest absolute Gasteiger partial charge is 0.488 e. The Balaban J connectivity index is 2.33. The zero-order valence-corrected chi connectivity index (χ0v) is 12.2. The fourth-order valence-electron chi connectivity index (χ4n) is 1.84. The lowest BCUT2D eigenvalue weighted by Gasteiger charge is -2.12. The van der Waals surface area contributed by atoms with E-state index in [1.807, 2.05) is 30.3 Å². The largest absolute Gasteiger partial charge is 0.488 e. The van der Waals surface area contributed by atoms with Gasteiger partial charge in [0.2, 0.25) is 0 Å². The van der Waals surface area contributed by atoms with Gasteiger partial charge >= 0.3 is 7.12 Å². The Morgan fingerprint density at radius 3 is 2.33 bits per heavy atom. The predicted molar refractivity (Wildman–Crippen MR) is 80.2 cm³/mol. The van der Waals surface area contributed by atoms with Crippen LogP contribution < -0.4 is 10.2 Å². The van der Waals surface area contributed by atoms with E-state index < -0.39 is 17.0 Å². The maximum Gasteiger partial charge on any atom is 0.488 e. The Labute approximate surface area is 123 Å². The highest BCUT2D eigenvalue weighted by molar-refractivity contribution is 7.90. The van der Waals surface area contributed by atoms with Gasteiger partial charge in [-0.25, -0.2) is 8.42 Å². The zero-order chi connectivity index (χ0) is 15.5. The van der Waals surface area contributed by atoms with Gasteiger partial charge in [-0.3, -0.25) is 0 Å². The van der Waals surface area contributed by atoms with Crippen molar-refractivity contribution >= 4 is 22.4 Å². The van der Waals surface area contributed by atoms with E-state index in [-0.39, 0.29) is 22.7 Å². The van der Waals surface area contributed by atoms with Crippen LogP contribution in [0.2, 0.25) is 0 Å². The molecule has 0 aromatic heterocycles. The number of benzene rings is 2. The fraction of sp³-hybridized carbons (Fsp3) is 0.143. The van der Waals surface area contributed by atoms with Crippen molar-refractivity contribution in [1.82, 2.24) is 0 Å². The summed E-state index contributed by atoms with van der Waals surface area (Å²) in [5.41, 5.74) is 1.05. The Morgan fingerprint density at radius 2 is 1.76 bits per heavy atom. The second-order valence-electron chi connectivity index (χ2n) is 4.63. The van der Waals surface area contributed by atoms with E-state index >= 15 is 0 Å². The Hall–Kier alpha value is -1.83. The van der Waals surface area contributed by atoms with Crippen molar-refractivity contribution in [1.29, 1.82) is 0 Å². The van der Waals surface area contributed by atoms with Gasteiger partial charge in [-0.05, 0) is 23.2 Å². The standard InChI is InChI=1S/C14H15BO5S/c1-21(18,19)14-8-7-12(15(16)17)9-13(14)20-10-11-5-3-2-4-6-11/h2-9,16-17H,10H2,1H3. The molecular weight excluding hydrogens is 291 g/mol. The maximum absolute atomic E-state index is 11.7. The minimum Gasteiger partial charge on any atom is -0.488 e. The van der Waals surface area contributed by atoms with Crippen molar-refractivity contribution in [3.63, 3.8) is 0 Å². The molecule has 110 valence electrons. The van der Waals surface area contributed by atoms with Gasteiger partial charge in [-0.15, -0.1) is 0 Å². The molecule has 0 aliphatic heterocycles. The molecular formula is C14H15BO5S. The van der Waals surface area contributed by atoms with Gasteiger partial charge in [-0.1, -0.05) is 36.4 Å². The van der Waals surface area contributed by atoms with Crippen LogP contribution >= 0.6 is 0 Å². The van der Waals surface area contributed by atoms with E-state index in [0.717, 1.165) is 11.8 Å². The van der Waals surface area contributed by atoms with Crippen LogP contribution in [0, 0.1) is 0 Å². The molecule has 0 aliphatic carbocycles. The zero-order valence-electron chi connectivity index (χ0n) is 11.4. The molecule has 0 fully saturated rings. The predicted octanol–water partition coefficient (Wildman–Crippen LogP) is 0.349. The molecule has 2 N–H and O–H groups in total. The molecule has 2 rings (SSSR count). The number of hydrogen-bond donors (Lipinski definition) is 2. The van der Waals surface area contributed by atoms with Crippen LogP contribution in [0.3, 0.4) is 0 Å². The van der Waals surface area contributed by atoms with E-state index in [1.165, 1.54) is 18.2 Å². The molecule has 2 aromatic rings. The molecule has 0 spiro atoms. The third-order valence-electron chi connectivity index (χ3n) is 2.90. The Morgan fingerprint density at radius 1 is 1.10 bits per heavy atom. The molecule has 0 heterocycles. The molecule has 0 unspecified atom stereocenters. The molecule has 0 atom stereocenters. The Kier molecular flexibility index (Phi) is 4.67. The minimum absolute atomic E-state index is 0.0165. The number of hydrogen-bond acceptors (Lipinski definition) is 5. The quantitative estimate of drug-likeness (QED) is 0.779. The summed E-state index contributed by atoms with van der Waals surface area (Å²) in [6, 6.07) is 13.3.